The summed E-state index contributed by atoms with van der Waals surface area (Å²) in [7, 11) is 1.58. The lowest BCUT2D eigenvalue weighted by atomic mass is 9.80. The second kappa shape index (κ2) is 5.68. The molecule has 2 saturated heterocycles. The van der Waals surface area contributed by atoms with Crippen LogP contribution in [-0.4, -0.2) is 42.6 Å². The number of methoxy groups -OCH3 is 1. The van der Waals surface area contributed by atoms with Crippen LogP contribution in [0.1, 0.15) is 30.9 Å². The number of aliphatic hydroxyl groups is 1. The molecule has 0 aliphatic carbocycles. The van der Waals surface area contributed by atoms with E-state index in [1.165, 1.54) is 0 Å². The monoisotopic (exact) mass is 279 g/mol. The van der Waals surface area contributed by atoms with Crippen LogP contribution in [0.2, 0.25) is 0 Å². The zero-order valence-corrected chi connectivity index (χ0v) is 11.7. The molecule has 2 aliphatic rings. The molecular weight excluding hydrogens is 258 g/mol. The Morgan fingerprint density at radius 3 is 3.00 bits per heavy atom. The third-order valence-corrected chi connectivity index (χ3v) is 4.35. The third-order valence-electron chi connectivity index (χ3n) is 4.35. The van der Waals surface area contributed by atoms with Gasteiger partial charge in [-0.2, -0.15) is 0 Å². The molecule has 0 aromatic carbocycles. The third kappa shape index (κ3) is 2.66. The predicted molar refractivity (Wildman–Crippen MR) is 72.6 cm³/mol. The van der Waals surface area contributed by atoms with Crippen molar-refractivity contribution in [3.05, 3.63) is 23.9 Å². The fourth-order valence-electron chi connectivity index (χ4n) is 3.16. The van der Waals surface area contributed by atoms with E-state index < -0.39 is 6.10 Å². The Labute approximate surface area is 118 Å². The molecule has 20 heavy (non-hydrogen) atoms. The highest BCUT2D eigenvalue weighted by Crippen LogP contribution is 2.40. The molecule has 3 unspecified atom stereocenters. The van der Waals surface area contributed by atoms with E-state index in [0.29, 0.717) is 19.1 Å². The topological polar surface area (TPSA) is 60.8 Å². The molecule has 1 spiro atoms. The van der Waals surface area contributed by atoms with Crippen LogP contribution in [0.5, 0.6) is 5.88 Å². The summed E-state index contributed by atoms with van der Waals surface area (Å²) >= 11 is 0. The van der Waals surface area contributed by atoms with E-state index in [2.05, 4.69) is 4.98 Å². The standard InChI is InChI=1S/C15H21NO4/c1-18-13-3-2-12(9-16-13)14(17)11-4-6-20-15(8-11)5-7-19-10-15/h2-3,9,11,14,17H,4-8,10H2,1H3. The molecule has 0 radical (unpaired) electrons. The van der Waals surface area contributed by atoms with Crippen molar-refractivity contribution in [2.75, 3.05) is 26.9 Å². The van der Waals surface area contributed by atoms with Crippen molar-refractivity contribution >= 4 is 0 Å². The zero-order valence-electron chi connectivity index (χ0n) is 11.7. The first kappa shape index (κ1) is 13.8. The van der Waals surface area contributed by atoms with Crippen molar-refractivity contribution < 1.29 is 19.3 Å². The molecule has 3 heterocycles. The molecule has 5 heteroatoms. The van der Waals surface area contributed by atoms with Crippen LogP contribution in [0.25, 0.3) is 0 Å². The molecule has 110 valence electrons. The first-order valence-electron chi connectivity index (χ1n) is 7.12. The van der Waals surface area contributed by atoms with Gasteiger partial charge in [0.25, 0.3) is 0 Å². The number of aromatic nitrogens is 1. The molecule has 1 N–H and O–H groups in total. The van der Waals surface area contributed by atoms with Gasteiger partial charge in [-0.1, -0.05) is 0 Å². The summed E-state index contributed by atoms with van der Waals surface area (Å²) in [6, 6.07) is 3.66. The fraction of sp³-hybridized carbons (Fsp3) is 0.667. The Bertz CT molecular complexity index is 442. The number of hydrogen-bond acceptors (Lipinski definition) is 5. The quantitative estimate of drug-likeness (QED) is 0.912. The maximum absolute atomic E-state index is 10.6. The number of nitrogens with zero attached hydrogens (tertiary/aromatic N) is 1. The van der Waals surface area contributed by atoms with Gasteiger partial charge in [-0.25, -0.2) is 4.98 Å². The summed E-state index contributed by atoms with van der Waals surface area (Å²) in [4.78, 5) is 4.16. The number of ether oxygens (including phenoxy) is 3. The molecule has 2 aliphatic heterocycles. The van der Waals surface area contributed by atoms with Gasteiger partial charge in [0, 0.05) is 31.9 Å². The minimum atomic E-state index is -0.505. The lowest BCUT2D eigenvalue weighted by molar-refractivity contribution is -0.117. The molecule has 3 atom stereocenters. The van der Waals surface area contributed by atoms with E-state index in [1.807, 2.05) is 6.07 Å². The van der Waals surface area contributed by atoms with Crippen LogP contribution in [0.4, 0.5) is 0 Å². The normalized spacial score (nSPS) is 31.4. The van der Waals surface area contributed by atoms with Crippen molar-refractivity contribution in [3.63, 3.8) is 0 Å². The zero-order chi connectivity index (χ0) is 14.0. The highest BCUT2D eigenvalue weighted by molar-refractivity contribution is 5.20. The van der Waals surface area contributed by atoms with Crippen LogP contribution >= 0.6 is 0 Å². The summed E-state index contributed by atoms with van der Waals surface area (Å²) < 4.78 is 16.4. The van der Waals surface area contributed by atoms with Gasteiger partial charge in [0.2, 0.25) is 5.88 Å². The summed E-state index contributed by atoms with van der Waals surface area (Å²) in [5.41, 5.74) is 0.663. The lowest BCUT2D eigenvalue weighted by Crippen LogP contribution is -2.41. The van der Waals surface area contributed by atoms with Crippen molar-refractivity contribution in [1.29, 1.82) is 0 Å². The van der Waals surface area contributed by atoms with Gasteiger partial charge in [0.05, 0.1) is 25.4 Å². The van der Waals surface area contributed by atoms with Gasteiger partial charge < -0.3 is 19.3 Å². The van der Waals surface area contributed by atoms with E-state index >= 15 is 0 Å². The van der Waals surface area contributed by atoms with Gasteiger partial charge >= 0.3 is 0 Å². The molecular formula is C15H21NO4. The second-order valence-corrected chi connectivity index (χ2v) is 5.67. The molecule has 1 aromatic heterocycles. The number of pyridine rings is 1. The van der Waals surface area contributed by atoms with E-state index in [9.17, 15) is 5.11 Å². The second-order valence-electron chi connectivity index (χ2n) is 5.67. The Kier molecular flexibility index (Phi) is 3.92. The number of rotatable bonds is 3. The highest BCUT2D eigenvalue weighted by Gasteiger charge is 2.43. The summed E-state index contributed by atoms with van der Waals surface area (Å²) in [5, 5.41) is 10.6. The van der Waals surface area contributed by atoms with Gasteiger partial charge in [0.1, 0.15) is 0 Å². The first-order valence-corrected chi connectivity index (χ1v) is 7.12. The largest absolute Gasteiger partial charge is 0.481 e. The SMILES string of the molecule is COc1ccc(C(O)C2CCOC3(CCOC3)C2)cn1. The fourth-order valence-corrected chi connectivity index (χ4v) is 3.16. The van der Waals surface area contributed by atoms with Crippen molar-refractivity contribution in [3.8, 4) is 5.88 Å². The first-order chi connectivity index (χ1) is 9.72. The Morgan fingerprint density at radius 1 is 1.45 bits per heavy atom. The van der Waals surface area contributed by atoms with Gasteiger partial charge in [0.15, 0.2) is 0 Å². The molecule has 3 rings (SSSR count). The molecule has 1 aromatic rings. The molecule has 0 bridgehead atoms. The van der Waals surface area contributed by atoms with Crippen LogP contribution in [-0.2, 0) is 9.47 Å². The summed E-state index contributed by atoms with van der Waals surface area (Å²) in [6.07, 6.45) is 3.83. The van der Waals surface area contributed by atoms with E-state index in [1.54, 1.807) is 19.4 Å². The molecule has 0 amide bonds. The maximum Gasteiger partial charge on any atom is 0.212 e. The number of hydrogen-bond donors (Lipinski definition) is 1. The highest BCUT2D eigenvalue weighted by atomic mass is 16.6. The van der Waals surface area contributed by atoms with Gasteiger partial charge in [-0.15, -0.1) is 0 Å². The Morgan fingerprint density at radius 2 is 2.35 bits per heavy atom. The van der Waals surface area contributed by atoms with Crippen LogP contribution in [0, 0.1) is 5.92 Å². The van der Waals surface area contributed by atoms with E-state index in [0.717, 1.165) is 31.4 Å². The molecule has 5 nitrogen and oxygen atoms in total. The summed E-state index contributed by atoms with van der Waals surface area (Å²) in [6.45, 7) is 2.10. The Hall–Kier alpha value is -1.17. The van der Waals surface area contributed by atoms with Crippen LogP contribution in [0.15, 0.2) is 18.3 Å². The van der Waals surface area contributed by atoms with Gasteiger partial charge in [-0.3, -0.25) is 0 Å². The lowest BCUT2D eigenvalue weighted by Gasteiger charge is -2.39. The van der Waals surface area contributed by atoms with Crippen LogP contribution in [0.3, 0.4) is 0 Å². The summed E-state index contributed by atoms with van der Waals surface area (Å²) in [5.74, 6) is 0.759. The average molecular weight is 279 g/mol. The van der Waals surface area contributed by atoms with Crippen molar-refractivity contribution in [2.24, 2.45) is 5.92 Å². The number of aliphatic hydroxyl groups excluding tert-OH is 1. The Balaban J connectivity index is 1.70. The van der Waals surface area contributed by atoms with Gasteiger partial charge in [-0.05, 0) is 30.4 Å². The van der Waals surface area contributed by atoms with Crippen molar-refractivity contribution in [2.45, 2.75) is 31.0 Å². The minimum absolute atomic E-state index is 0.177. The van der Waals surface area contributed by atoms with E-state index in [-0.39, 0.29) is 11.5 Å². The molecule has 2 fully saturated rings. The van der Waals surface area contributed by atoms with Crippen LogP contribution < -0.4 is 4.74 Å². The molecule has 0 saturated carbocycles. The maximum atomic E-state index is 10.6. The van der Waals surface area contributed by atoms with E-state index in [4.69, 9.17) is 14.2 Å². The predicted octanol–water partition coefficient (Wildman–Crippen LogP) is 1.71. The smallest absolute Gasteiger partial charge is 0.212 e. The average Bonchev–Trinajstić information content (AvgIpc) is 2.94. The minimum Gasteiger partial charge on any atom is -0.481 e. The van der Waals surface area contributed by atoms with Crippen molar-refractivity contribution in [1.82, 2.24) is 4.98 Å².